The third kappa shape index (κ3) is 5.31. The normalized spacial score (nSPS) is 10.7. The minimum Gasteiger partial charge on any atom is -0.494 e. The van der Waals surface area contributed by atoms with Gasteiger partial charge in [-0.25, -0.2) is 4.79 Å². The number of Topliss-reactive ketones (excluding diaryl/α,β-unsaturated/α-hetero) is 1. The number of fused-ring (bicyclic) bond motifs is 1. The number of ketones is 1. The first kappa shape index (κ1) is 22.1. The standard InChI is InChI=1S/C24H25NO6/c1-4-29-24(28)22-21(15(2)26)16(3)31-23(22)25-20(27)10-7-13-30-19-12-11-17-8-5-6-9-18(17)14-19/h5-6,8-9,11-12,14H,4,7,10,13H2,1-3H3,(H,25,27). The number of furan rings is 1. The maximum atomic E-state index is 12.4. The SMILES string of the molecule is CCOC(=O)c1c(NC(=O)CCCOc2ccc3ccccc3c2)oc(C)c1C(C)=O. The second kappa shape index (κ2) is 9.93. The largest absolute Gasteiger partial charge is 0.494 e. The molecule has 7 heteroatoms. The second-order valence-corrected chi connectivity index (χ2v) is 7.02. The lowest BCUT2D eigenvalue weighted by molar-refractivity contribution is -0.116. The van der Waals surface area contributed by atoms with Crippen LogP contribution >= 0.6 is 0 Å². The van der Waals surface area contributed by atoms with Gasteiger partial charge in [-0.1, -0.05) is 30.3 Å². The van der Waals surface area contributed by atoms with Crippen molar-refractivity contribution in [3.63, 3.8) is 0 Å². The highest BCUT2D eigenvalue weighted by molar-refractivity contribution is 6.10. The Labute approximate surface area is 180 Å². The number of aryl methyl sites for hydroxylation is 1. The predicted octanol–water partition coefficient (Wildman–Crippen LogP) is 4.92. The first-order valence-corrected chi connectivity index (χ1v) is 10.1. The number of rotatable bonds is 9. The quantitative estimate of drug-likeness (QED) is 0.298. The molecule has 31 heavy (non-hydrogen) atoms. The van der Waals surface area contributed by atoms with Crippen molar-refractivity contribution >= 4 is 34.3 Å². The Kier molecular flexibility index (Phi) is 7.07. The highest BCUT2D eigenvalue weighted by Gasteiger charge is 2.28. The third-order valence-corrected chi connectivity index (χ3v) is 4.71. The number of carbonyl (C=O) groups is 3. The van der Waals surface area contributed by atoms with Gasteiger partial charge >= 0.3 is 5.97 Å². The summed E-state index contributed by atoms with van der Waals surface area (Å²) in [5.74, 6) is -0.479. The lowest BCUT2D eigenvalue weighted by atomic mass is 10.1. The summed E-state index contributed by atoms with van der Waals surface area (Å²) in [6, 6.07) is 13.8. The zero-order chi connectivity index (χ0) is 22.4. The van der Waals surface area contributed by atoms with Crippen LogP contribution in [0, 0.1) is 6.92 Å². The number of hydrogen-bond donors (Lipinski definition) is 1. The van der Waals surface area contributed by atoms with E-state index in [0.29, 0.717) is 13.0 Å². The maximum absolute atomic E-state index is 12.4. The third-order valence-electron chi connectivity index (χ3n) is 4.71. The molecule has 0 bridgehead atoms. The van der Waals surface area contributed by atoms with E-state index >= 15 is 0 Å². The van der Waals surface area contributed by atoms with Crippen LogP contribution in [0.15, 0.2) is 46.9 Å². The predicted molar refractivity (Wildman–Crippen MR) is 117 cm³/mol. The molecule has 1 heterocycles. The molecule has 7 nitrogen and oxygen atoms in total. The maximum Gasteiger partial charge on any atom is 0.344 e. The van der Waals surface area contributed by atoms with Crippen LogP contribution in [0.1, 0.15) is 53.2 Å². The zero-order valence-corrected chi connectivity index (χ0v) is 17.8. The van der Waals surface area contributed by atoms with E-state index in [-0.39, 0.29) is 47.5 Å². The highest BCUT2D eigenvalue weighted by atomic mass is 16.5. The van der Waals surface area contributed by atoms with Crippen LogP contribution in [0.2, 0.25) is 0 Å². The summed E-state index contributed by atoms with van der Waals surface area (Å²) in [5, 5.41) is 4.79. The number of anilines is 1. The Bertz CT molecular complexity index is 1110. The summed E-state index contributed by atoms with van der Waals surface area (Å²) in [6.07, 6.45) is 0.623. The van der Waals surface area contributed by atoms with Gasteiger partial charge in [0.1, 0.15) is 17.1 Å². The number of nitrogens with one attached hydrogen (secondary N) is 1. The summed E-state index contributed by atoms with van der Waals surface area (Å²) in [7, 11) is 0. The number of carbonyl (C=O) groups excluding carboxylic acids is 3. The molecule has 0 atom stereocenters. The van der Waals surface area contributed by atoms with Crippen molar-refractivity contribution in [1.82, 2.24) is 0 Å². The molecular formula is C24H25NO6. The average Bonchev–Trinajstić information content (AvgIpc) is 3.07. The molecule has 0 fully saturated rings. The molecule has 0 spiro atoms. The molecule has 0 saturated heterocycles. The number of esters is 1. The van der Waals surface area contributed by atoms with Crippen LogP contribution in [0.3, 0.4) is 0 Å². The average molecular weight is 423 g/mol. The first-order valence-electron chi connectivity index (χ1n) is 10.1. The van der Waals surface area contributed by atoms with E-state index < -0.39 is 5.97 Å². The summed E-state index contributed by atoms with van der Waals surface area (Å²) >= 11 is 0. The summed E-state index contributed by atoms with van der Waals surface area (Å²) in [4.78, 5) is 36.6. The minimum absolute atomic E-state index is 0.0485. The smallest absolute Gasteiger partial charge is 0.344 e. The second-order valence-electron chi connectivity index (χ2n) is 7.02. The monoisotopic (exact) mass is 423 g/mol. The van der Waals surface area contributed by atoms with E-state index in [0.717, 1.165) is 16.5 Å². The molecule has 0 aliphatic carbocycles. The molecule has 3 rings (SSSR count). The van der Waals surface area contributed by atoms with Crippen molar-refractivity contribution in [2.75, 3.05) is 18.5 Å². The summed E-state index contributed by atoms with van der Waals surface area (Å²) in [5.41, 5.74) is 0.0704. The first-order chi connectivity index (χ1) is 14.9. The summed E-state index contributed by atoms with van der Waals surface area (Å²) < 4.78 is 16.2. The number of amides is 1. The van der Waals surface area contributed by atoms with E-state index in [9.17, 15) is 14.4 Å². The van der Waals surface area contributed by atoms with Crippen LogP contribution in [-0.4, -0.2) is 30.9 Å². The van der Waals surface area contributed by atoms with Gasteiger partial charge in [-0.3, -0.25) is 14.9 Å². The number of ether oxygens (including phenoxy) is 2. The Morgan fingerprint density at radius 2 is 1.77 bits per heavy atom. The van der Waals surface area contributed by atoms with E-state index in [1.54, 1.807) is 13.8 Å². The van der Waals surface area contributed by atoms with Crippen molar-refractivity contribution < 1.29 is 28.3 Å². The molecular weight excluding hydrogens is 398 g/mol. The molecule has 2 aromatic carbocycles. The fourth-order valence-electron chi connectivity index (χ4n) is 3.32. The molecule has 1 amide bonds. The Morgan fingerprint density at radius 1 is 1.03 bits per heavy atom. The molecule has 0 saturated carbocycles. The number of hydrogen-bond acceptors (Lipinski definition) is 6. The fraction of sp³-hybridized carbons (Fsp3) is 0.292. The van der Waals surface area contributed by atoms with Crippen molar-refractivity contribution in [1.29, 1.82) is 0 Å². The van der Waals surface area contributed by atoms with E-state index in [1.165, 1.54) is 6.92 Å². The van der Waals surface area contributed by atoms with Crippen LogP contribution in [0.4, 0.5) is 5.88 Å². The zero-order valence-electron chi connectivity index (χ0n) is 17.8. The van der Waals surface area contributed by atoms with Gasteiger partial charge in [0.05, 0.1) is 18.8 Å². The highest BCUT2D eigenvalue weighted by Crippen LogP contribution is 2.29. The van der Waals surface area contributed by atoms with Gasteiger partial charge in [0.2, 0.25) is 11.8 Å². The van der Waals surface area contributed by atoms with Gasteiger partial charge < -0.3 is 13.9 Å². The van der Waals surface area contributed by atoms with Crippen molar-refractivity contribution in [3.8, 4) is 5.75 Å². The van der Waals surface area contributed by atoms with Gasteiger partial charge in [0, 0.05) is 6.42 Å². The Hall–Kier alpha value is -3.61. The summed E-state index contributed by atoms with van der Waals surface area (Å²) in [6.45, 7) is 5.04. The van der Waals surface area contributed by atoms with Crippen LogP contribution in [0.25, 0.3) is 10.8 Å². The molecule has 0 aliphatic heterocycles. The van der Waals surface area contributed by atoms with Crippen molar-refractivity contribution in [2.24, 2.45) is 0 Å². The van der Waals surface area contributed by atoms with Crippen molar-refractivity contribution in [3.05, 3.63) is 59.4 Å². The molecule has 0 radical (unpaired) electrons. The van der Waals surface area contributed by atoms with Crippen LogP contribution in [0.5, 0.6) is 5.75 Å². The Balaban J connectivity index is 1.58. The molecule has 1 aromatic heterocycles. The number of benzene rings is 2. The van der Waals surface area contributed by atoms with Crippen LogP contribution in [-0.2, 0) is 9.53 Å². The van der Waals surface area contributed by atoms with Crippen LogP contribution < -0.4 is 10.1 Å². The van der Waals surface area contributed by atoms with E-state index in [4.69, 9.17) is 13.9 Å². The van der Waals surface area contributed by atoms with Gasteiger partial charge in [-0.15, -0.1) is 0 Å². The van der Waals surface area contributed by atoms with Gasteiger partial charge in [0.25, 0.3) is 0 Å². The lowest BCUT2D eigenvalue weighted by Gasteiger charge is -2.08. The van der Waals surface area contributed by atoms with E-state index in [1.807, 2.05) is 42.5 Å². The van der Waals surface area contributed by atoms with E-state index in [2.05, 4.69) is 5.32 Å². The van der Waals surface area contributed by atoms with Gasteiger partial charge in [-0.05, 0) is 50.1 Å². The molecule has 0 aliphatic rings. The van der Waals surface area contributed by atoms with Gasteiger partial charge in [0.15, 0.2) is 5.78 Å². The molecule has 3 aromatic rings. The Morgan fingerprint density at radius 3 is 2.48 bits per heavy atom. The molecule has 162 valence electrons. The van der Waals surface area contributed by atoms with Gasteiger partial charge in [-0.2, -0.15) is 0 Å². The van der Waals surface area contributed by atoms with Crippen molar-refractivity contribution in [2.45, 2.75) is 33.6 Å². The fourth-order valence-corrected chi connectivity index (χ4v) is 3.32. The molecule has 0 unspecified atom stereocenters. The molecule has 1 N–H and O–H groups in total. The minimum atomic E-state index is -0.709. The lowest BCUT2D eigenvalue weighted by Crippen LogP contribution is -2.16. The topological polar surface area (TPSA) is 94.8 Å².